The molecule has 0 aliphatic carbocycles. The van der Waals surface area contributed by atoms with E-state index in [4.69, 9.17) is 4.52 Å². The van der Waals surface area contributed by atoms with Crippen LogP contribution in [-0.2, 0) is 5.41 Å². The highest BCUT2D eigenvalue weighted by Crippen LogP contribution is 2.20. The summed E-state index contributed by atoms with van der Waals surface area (Å²) in [6.07, 6.45) is 0. The molecule has 0 saturated carbocycles. The molecule has 7 heteroatoms. The predicted molar refractivity (Wildman–Crippen MR) is 83.4 cm³/mol. The van der Waals surface area contributed by atoms with E-state index in [1.807, 2.05) is 34.6 Å². The van der Waals surface area contributed by atoms with Gasteiger partial charge in [-0.15, -0.1) is 0 Å². The van der Waals surface area contributed by atoms with Gasteiger partial charge in [0.15, 0.2) is 5.82 Å². The van der Waals surface area contributed by atoms with Gasteiger partial charge in [0.05, 0.1) is 5.60 Å². The fraction of sp³-hybridized carbons (Fsp3) is 0.800. The maximum atomic E-state index is 11.9. The van der Waals surface area contributed by atoms with Crippen LogP contribution < -0.4 is 10.6 Å². The van der Waals surface area contributed by atoms with Crippen molar-refractivity contribution in [1.29, 1.82) is 0 Å². The number of aliphatic hydroxyl groups is 1. The highest BCUT2D eigenvalue weighted by molar-refractivity contribution is 5.74. The molecule has 0 radical (unpaired) electrons. The first-order valence-electron chi connectivity index (χ1n) is 7.54. The fourth-order valence-corrected chi connectivity index (χ4v) is 1.49. The molecule has 0 aromatic carbocycles. The summed E-state index contributed by atoms with van der Waals surface area (Å²) >= 11 is 0. The third kappa shape index (κ3) is 4.98. The molecule has 2 unspecified atom stereocenters. The van der Waals surface area contributed by atoms with Crippen molar-refractivity contribution in [3.8, 4) is 0 Å². The zero-order valence-corrected chi connectivity index (χ0v) is 14.5. The van der Waals surface area contributed by atoms with Gasteiger partial charge in [-0.3, -0.25) is 0 Å². The van der Waals surface area contributed by atoms with Crippen LogP contribution in [0.3, 0.4) is 0 Å². The van der Waals surface area contributed by atoms with Crippen molar-refractivity contribution in [3.05, 3.63) is 11.7 Å². The number of nitrogens with zero attached hydrogens (tertiary/aromatic N) is 2. The summed E-state index contributed by atoms with van der Waals surface area (Å²) in [7, 11) is 0. The molecule has 0 fully saturated rings. The molecule has 3 N–H and O–H groups in total. The van der Waals surface area contributed by atoms with Gasteiger partial charge < -0.3 is 20.3 Å². The van der Waals surface area contributed by atoms with E-state index in [-0.39, 0.29) is 23.9 Å². The summed E-state index contributed by atoms with van der Waals surface area (Å²) in [5.41, 5.74) is -1.16. The first kappa shape index (κ1) is 18.4. The highest BCUT2D eigenvalue weighted by Gasteiger charge is 2.27. The SMILES string of the molecule is CC(NC(=O)NCC(C)(O)C(C)C)c1nc(C(C)(C)C)no1. The van der Waals surface area contributed by atoms with Crippen LogP contribution in [0.4, 0.5) is 4.79 Å². The van der Waals surface area contributed by atoms with E-state index >= 15 is 0 Å². The summed E-state index contributed by atoms with van der Waals surface area (Å²) in [6, 6.07) is -0.795. The fourth-order valence-electron chi connectivity index (χ4n) is 1.49. The van der Waals surface area contributed by atoms with Gasteiger partial charge in [-0.05, 0) is 19.8 Å². The molecule has 1 heterocycles. The Labute approximate surface area is 131 Å². The molecular weight excluding hydrogens is 284 g/mol. The molecular formula is C15H28N4O3. The monoisotopic (exact) mass is 312 g/mol. The largest absolute Gasteiger partial charge is 0.388 e. The lowest BCUT2D eigenvalue weighted by Gasteiger charge is -2.28. The summed E-state index contributed by atoms with van der Waals surface area (Å²) in [5, 5.41) is 19.4. The smallest absolute Gasteiger partial charge is 0.315 e. The highest BCUT2D eigenvalue weighted by atomic mass is 16.5. The number of carbonyl (C=O) groups is 1. The van der Waals surface area contributed by atoms with E-state index in [1.54, 1.807) is 13.8 Å². The molecule has 0 aliphatic rings. The average Bonchev–Trinajstić information content (AvgIpc) is 2.85. The summed E-state index contributed by atoms with van der Waals surface area (Å²) in [4.78, 5) is 16.2. The number of urea groups is 1. The molecule has 126 valence electrons. The molecule has 22 heavy (non-hydrogen) atoms. The lowest BCUT2D eigenvalue weighted by molar-refractivity contribution is 0.0165. The van der Waals surface area contributed by atoms with Crippen LogP contribution >= 0.6 is 0 Å². The molecule has 0 saturated heterocycles. The van der Waals surface area contributed by atoms with Crippen LogP contribution in [-0.4, -0.2) is 33.4 Å². The molecule has 1 aromatic rings. The normalized spacial score (nSPS) is 16.2. The molecule has 2 amide bonds. The van der Waals surface area contributed by atoms with Gasteiger partial charge in [-0.25, -0.2) is 4.79 Å². The number of carbonyl (C=O) groups excluding carboxylic acids is 1. The van der Waals surface area contributed by atoms with Crippen molar-refractivity contribution in [3.63, 3.8) is 0 Å². The molecule has 2 atom stereocenters. The standard InChI is InChI=1S/C15H28N4O3/c1-9(2)15(7,21)8-16-13(20)17-10(3)11-18-12(19-22-11)14(4,5)6/h9-10,21H,8H2,1-7H3,(H2,16,17,20). The second-order valence-electron chi connectivity index (χ2n) is 7.27. The Hall–Kier alpha value is -1.63. The Kier molecular flexibility index (Phi) is 5.56. The van der Waals surface area contributed by atoms with E-state index in [2.05, 4.69) is 20.8 Å². The maximum absolute atomic E-state index is 11.9. The van der Waals surface area contributed by atoms with E-state index < -0.39 is 11.6 Å². The van der Waals surface area contributed by atoms with Gasteiger partial charge in [-0.1, -0.05) is 39.8 Å². The Morgan fingerprint density at radius 1 is 1.27 bits per heavy atom. The third-order valence-corrected chi connectivity index (χ3v) is 3.68. The van der Waals surface area contributed by atoms with Gasteiger partial charge in [0.2, 0.25) is 5.89 Å². The summed E-state index contributed by atoms with van der Waals surface area (Å²) in [5.74, 6) is 0.991. The van der Waals surface area contributed by atoms with E-state index in [9.17, 15) is 9.90 Å². The predicted octanol–water partition coefficient (Wildman–Crippen LogP) is 2.13. The minimum atomic E-state index is -0.954. The third-order valence-electron chi connectivity index (χ3n) is 3.68. The average molecular weight is 312 g/mol. The first-order chi connectivity index (χ1) is 9.93. The zero-order valence-electron chi connectivity index (χ0n) is 14.5. The number of amides is 2. The van der Waals surface area contributed by atoms with Crippen LogP contribution in [0.1, 0.15) is 66.2 Å². The summed E-state index contributed by atoms with van der Waals surface area (Å²) in [6.45, 7) is 13.4. The van der Waals surface area contributed by atoms with Crippen LogP contribution in [0, 0.1) is 5.92 Å². The van der Waals surface area contributed by atoms with Crippen molar-refractivity contribution >= 4 is 6.03 Å². The van der Waals surface area contributed by atoms with Crippen molar-refractivity contribution in [2.24, 2.45) is 5.92 Å². The number of rotatable bonds is 5. The van der Waals surface area contributed by atoms with Gasteiger partial charge >= 0.3 is 6.03 Å². The number of hydrogen-bond acceptors (Lipinski definition) is 5. The number of aromatic nitrogens is 2. The van der Waals surface area contributed by atoms with E-state index in [1.165, 1.54) is 0 Å². The zero-order chi connectivity index (χ0) is 17.1. The maximum Gasteiger partial charge on any atom is 0.315 e. The first-order valence-corrected chi connectivity index (χ1v) is 7.54. The van der Waals surface area contributed by atoms with Crippen molar-refractivity contribution in [1.82, 2.24) is 20.8 Å². The Morgan fingerprint density at radius 2 is 1.86 bits per heavy atom. The van der Waals surface area contributed by atoms with E-state index in [0.29, 0.717) is 11.7 Å². The summed E-state index contributed by atoms with van der Waals surface area (Å²) < 4.78 is 5.18. The van der Waals surface area contributed by atoms with Crippen LogP contribution in [0.2, 0.25) is 0 Å². The van der Waals surface area contributed by atoms with Crippen LogP contribution in [0.15, 0.2) is 4.52 Å². The molecule has 0 aliphatic heterocycles. The number of hydrogen-bond donors (Lipinski definition) is 3. The lowest BCUT2D eigenvalue weighted by atomic mass is 9.93. The second-order valence-corrected chi connectivity index (χ2v) is 7.27. The minimum Gasteiger partial charge on any atom is -0.388 e. The van der Waals surface area contributed by atoms with Crippen molar-refractivity contribution < 1.29 is 14.4 Å². The molecule has 0 bridgehead atoms. The van der Waals surface area contributed by atoms with Gasteiger partial charge in [0.1, 0.15) is 6.04 Å². The van der Waals surface area contributed by atoms with Crippen molar-refractivity contribution in [2.45, 2.75) is 65.5 Å². The second kappa shape index (κ2) is 6.64. The molecule has 7 nitrogen and oxygen atoms in total. The van der Waals surface area contributed by atoms with Crippen molar-refractivity contribution in [2.75, 3.05) is 6.54 Å². The molecule has 1 aromatic heterocycles. The van der Waals surface area contributed by atoms with Crippen LogP contribution in [0.5, 0.6) is 0 Å². The number of nitrogens with one attached hydrogen (secondary N) is 2. The quantitative estimate of drug-likeness (QED) is 0.773. The Balaban J connectivity index is 2.56. The molecule has 0 spiro atoms. The Bertz CT molecular complexity index is 503. The topological polar surface area (TPSA) is 100 Å². The van der Waals surface area contributed by atoms with E-state index in [0.717, 1.165) is 0 Å². The minimum absolute atomic E-state index is 0.0375. The van der Waals surface area contributed by atoms with Gasteiger partial charge in [-0.2, -0.15) is 4.98 Å². The molecule has 1 rings (SSSR count). The Morgan fingerprint density at radius 3 is 2.32 bits per heavy atom. The van der Waals surface area contributed by atoms with Gasteiger partial charge in [0.25, 0.3) is 0 Å². The lowest BCUT2D eigenvalue weighted by Crippen LogP contribution is -2.47. The van der Waals surface area contributed by atoms with Gasteiger partial charge in [0, 0.05) is 12.0 Å². The van der Waals surface area contributed by atoms with Crippen LogP contribution in [0.25, 0.3) is 0 Å².